The molecule has 1 saturated carbocycles. The molecule has 130 valence electrons. The molecule has 1 saturated heterocycles. The molecule has 0 amide bonds. The van der Waals surface area contributed by atoms with E-state index in [9.17, 15) is 0 Å². The minimum Gasteiger partial charge on any atom is -0.307 e. The number of hydrogen-bond acceptors (Lipinski definition) is 1. The molecule has 1 aliphatic heterocycles. The number of benzene rings is 4. The second-order valence-corrected chi connectivity index (χ2v) is 8.46. The Morgan fingerprint density at radius 1 is 0.654 bits per heavy atom. The van der Waals surface area contributed by atoms with Gasteiger partial charge in [-0.25, -0.2) is 0 Å². The Labute approximate surface area is 154 Å². The molecule has 1 N–H and O–H groups in total. The third kappa shape index (κ3) is 2.13. The number of fused-ring (bicyclic) bond motifs is 1. The van der Waals surface area contributed by atoms with Crippen molar-refractivity contribution in [1.82, 2.24) is 5.32 Å². The Bertz CT molecular complexity index is 1080. The molecule has 0 spiro atoms. The van der Waals surface area contributed by atoms with Crippen molar-refractivity contribution < 1.29 is 0 Å². The van der Waals surface area contributed by atoms with Gasteiger partial charge in [-0.05, 0) is 69.5 Å². The second-order valence-electron chi connectivity index (χ2n) is 8.46. The van der Waals surface area contributed by atoms with E-state index in [4.69, 9.17) is 0 Å². The van der Waals surface area contributed by atoms with Gasteiger partial charge in [-0.1, -0.05) is 67.4 Å². The molecule has 3 unspecified atom stereocenters. The van der Waals surface area contributed by atoms with Gasteiger partial charge < -0.3 is 5.32 Å². The molecule has 6 rings (SSSR count). The molecule has 0 bridgehead atoms. The molecular weight excluding hydrogens is 314 g/mol. The first-order valence-electron chi connectivity index (χ1n) is 10.3. The maximum Gasteiger partial charge on any atom is 0.0329 e. The van der Waals surface area contributed by atoms with Crippen molar-refractivity contribution in [3.05, 3.63) is 60.2 Å². The average molecular weight is 339 g/mol. The van der Waals surface area contributed by atoms with Gasteiger partial charge in [0, 0.05) is 12.1 Å². The van der Waals surface area contributed by atoms with E-state index in [0.29, 0.717) is 6.04 Å². The van der Waals surface area contributed by atoms with Crippen LogP contribution in [0.4, 0.5) is 0 Å². The van der Waals surface area contributed by atoms with E-state index in [-0.39, 0.29) is 0 Å². The van der Waals surface area contributed by atoms with Gasteiger partial charge in [0.05, 0.1) is 0 Å². The van der Waals surface area contributed by atoms with Crippen LogP contribution in [-0.4, -0.2) is 6.04 Å². The highest BCUT2D eigenvalue weighted by atomic mass is 15.0. The van der Waals surface area contributed by atoms with E-state index >= 15 is 0 Å². The normalized spacial score (nSPS) is 26.5. The highest BCUT2D eigenvalue weighted by molar-refractivity contribution is 6.23. The lowest BCUT2D eigenvalue weighted by molar-refractivity contribution is 0.177. The molecule has 2 fully saturated rings. The monoisotopic (exact) mass is 339 g/mol. The standard InChI is InChI=1S/C25H25N/c1-2-7-22-16(4-1)12-15-23(26-22)20-13-10-19-9-8-17-5-3-6-18-11-14-21(20)25(19)24(17)18/h3,5-6,8-11,13-14,16,22-23,26H,1-2,4,7,12,15H2. The van der Waals surface area contributed by atoms with Crippen molar-refractivity contribution in [2.75, 3.05) is 0 Å². The van der Waals surface area contributed by atoms with Crippen molar-refractivity contribution in [2.24, 2.45) is 5.92 Å². The van der Waals surface area contributed by atoms with E-state index < -0.39 is 0 Å². The smallest absolute Gasteiger partial charge is 0.0329 e. The van der Waals surface area contributed by atoms with Gasteiger partial charge >= 0.3 is 0 Å². The van der Waals surface area contributed by atoms with Crippen LogP contribution in [0.2, 0.25) is 0 Å². The highest BCUT2D eigenvalue weighted by Crippen LogP contribution is 2.41. The zero-order valence-electron chi connectivity index (χ0n) is 15.2. The van der Waals surface area contributed by atoms with E-state index in [1.54, 1.807) is 0 Å². The van der Waals surface area contributed by atoms with Gasteiger partial charge in [-0.15, -0.1) is 0 Å². The molecule has 26 heavy (non-hydrogen) atoms. The van der Waals surface area contributed by atoms with Crippen LogP contribution >= 0.6 is 0 Å². The maximum absolute atomic E-state index is 4.05. The molecule has 1 heteroatoms. The SMILES string of the molecule is c1cc2ccc3ccc(C4CCC5CCCCC5N4)c4ccc(c1)c2c34. The minimum atomic E-state index is 0.513. The molecule has 4 aromatic carbocycles. The Balaban J connectivity index is 1.53. The summed E-state index contributed by atoms with van der Waals surface area (Å²) in [5, 5.41) is 12.5. The van der Waals surface area contributed by atoms with Crippen LogP contribution in [-0.2, 0) is 0 Å². The predicted octanol–water partition coefficient (Wildman–Crippen LogP) is 6.57. The Kier molecular flexibility index (Phi) is 3.28. The zero-order chi connectivity index (χ0) is 17.1. The Hall–Kier alpha value is -2.12. The number of piperidine rings is 1. The third-order valence-corrected chi connectivity index (χ3v) is 7.09. The summed E-state index contributed by atoms with van der Waals surface area (Å²) < 4.78 is 0. The highest BCUT2D eigenvalue weighted by Gasteiger charge is 2.32. The summed E-state index contributed by atoms with van der Waals surface area (Å²) in [6, 6.07) is 21.9. The molecular formula is C25H25N. The summed E-state index contributed by atoms with van der Waals surface area (Å²) in [4.78, 5) is 0. The van der Waals surface area contributed by atoms with Crippen LogP contribution in [0.1, 0.15) is 50.1 Å². The fourth-order valence-corrected chi connectivity index (χ4v) is 5.80. The summed E-state index contributed by atoms with van der Waals surface area (Å²) in [5.41, 5.74) is 1.51. The fraction of sp³-hybridized carbons (Fsp3) is 0.360. The summed E-state index contributed by atoms with van der Waals surface area (Å²) in [6.45, 7) is 0. The number of nitrogens with one attached hydrogen (secondary N) is 1. The topological polar surface area (TPSA) is 12.0 Å². The molecule has 1 heterocycles. The van der Waals surface area contributed by atoms with Gasteiger partial charge in [0.1, 0.15) is 0 Å². The van der Waals surface area contributed by atoms with Crippen LogP contribution in [0.25, 0.3) is 32.3 Å². The maximum atomic E-state index is 4.05. The predicted molar refractivity (Wildman–Crippen MR) is 111 cm³/mol. The van der Waals surface area contributed by atoms with E-state index in [0.717, 1.165) is 12.0 Å². The van der Waals surface area contributed by atoms with Crippen LogP contribution in [0.3, 0.4) is 0 Å². The first-order valence-corrected chi connectivity index (χ1v) is 10.3. The minimum absolute atomic E-state index is 0.513. The van der Waals surface area contributed by atoms with E-state index in [1.165, 1.54) is 76.4 Å². The summed E-state index contributed by atoms with van der Waals surface area (Å²) in [5.74, 6) is 0.916. The van der Waals surface area contributed by atoms with Crippen LogP contribution < -0.4 is 5.32 Å². The lowest BCUT2D eigenvalue weighted by Gasteiger charge is -2.41. The second kappa shape index (κ2) is 5.69. The third-order valence-electron chi connectivity index (χ3n) is 7.09. The average Bonchev–Trinajstić information content (AvgIpc) is 2.71. The largest absolute Gasteiger partial charge is 0.307 e. The van der Waals surface area contributed by atoms with Gasteiger partial charge in [0.15, 0.2) is 0 Å². The number of hydrogen-bond donors (Lipinski definition) is 1. The van der Waals surface area contributed by atoms with Gasteiger partial charge in [0.2, 0.25) is 0 Å². The van der Waals surface area contributed by atoms with Gasteiger partial charge in [-0.2, -0.15) is 0 Å². The first-order chi connectivity index (χ1) is 12.9. The summed E-state index contributed by atoms with van der Waals surface area (Å²) >= 11 is 0. The fourth-order valence-electron chi connectivity index (χ4n) is 5.80. The van der Waals surface area contributed by atoms with Crippen molar-refractivity contribution >= 4 is 32.3 Å². The lowest BCUT2D eigenvalue weighted by atomic mass is 9.76. The molecule has 1 aliphatic carbocycles. The van der Waals surface area contributed by atoms with Crippen molar-refractivity contribution in [2.45, 2.75) is 50.6 Å². The van der Waals surface area contributed by atoms with Gasteiger partial charge in [-0.3, -0.25) is 0 Å². The molecule has 1 nitrogen and oxygen atoms in total. The molecule has 0 radical (unpaired) electrons. The van der Waals surface area contributed by atoms with E-state index in [2.05, 4.69) is 59.9 Å². The Morgan fingerprint density at radius 3 is 2.27 bits per heavy atom. The number of rotatable bonds is 1. The van der Waals surface area contributed by atoms with E-state index in [1.807, 2.05) is 0 Å². The van der Waals surface area contributed by atoms with Crippen LogP contribution in [0, 0.1) is 5.92 Å². The van der Waals surface area contributed by atoms with Crippen molar-refractivity contribution in [1.29, 1.82) is 0 Å². The first kappa shape index (κ1) is 15.0. The quantitative estimate of drug-likeness (QED) is 0.387. The molecule has 0 aromatic heterocycles. The summed E-state index contributed by atoms with van der Waals surface area (Å²) in [6.07, 6.45) is 8.32. The van der Waals surface area contributed by atoms with Crippen LogP contribution in [0.15, 0.2) is 54.6 Å². The molecule has 4 aromatic rings. The molecule has 3 atom stereocenters. The zero-order valence-corrected chi connectivity index (χ0v) is 15.2. The van der Waals surface area contributed by atoms with Gasteiger partial charge in [0.25, 0.3) is 0 Å². The lowest BCUT2D eigenvalue weighted by Crippen LogP contribution is -2.44. The molecule has 2 aliphatic rings. The van der Waals surface area contributed by atoms with Crippen molar-refractivity contribution in [3.63, 3.8) is 0 Å². The van der Waals surface area contributed by atoms with Crippen LogP contribution in [0.5, 0.6) is 0 Å². The summed E-state index contributed by atoms with van der Waals surface area (Å²) in [7, 11) is 0. The van der Waals surface area contributed by atoms with Crippen molar-refractivity contribution in [3.8, 4) is 0 Å². The Morgan fingerprint density at radius 2 is 1.38 bits per heavy atom.